The van der Waals surface area contributed by atoms with Crippen molar-refractivity contribution in [1.82, 2.24) is 14.2 Å². The van der Waals surface area contributed by atoms with Crippen molar-refractivity contribution in [2.75, 3.05) is 5.73 Å². The molecule has 0 unspecified atom stereocenters. The maximum absolute atomic E-state index is 12.7. The van der Waals surface area contributed by atoms with Crippen LogP contribution >= 0.6 is 0 Å². The van der Waals surface area contributed by atoms with E-state index in [9.17, 15) is 13.7 Å². The van der Waals surface area contributed by atoms with E-state index in [0.29, 0.717) is 15.3 Å². The third-order valence-corrected chi connectivity index (χ3v) is 4.78. The third kappa shape index (κ3) is 2.53. The molecule has 0 aliphatic carbocycles. The Bertz CT molecular complexity index is 1060. The Morgan fingerprint density at radius 1 is 1.25 bits per heavy atom. The Balaban J connectivity index is 2.16. The Morgan fingerprint density at radius 2 is 1.92 bits per heavy atom. The number of hydrogen-bond donors (Lipinski definition) is 1. The minimum Gasteiger partial charge on any atom is -0.421 e. The molecule has 0 fully saturated rings. The number of nitrogen functional groups attached to an aromatic ring is 1. The van der Waals surface area contributed by atoms with Gasteiger partial charge in [0.25, 0.3) is 5.09 Å². The zero-order valence-electron chi connectivity index (χ0n) is 12.9. The molecular formula is C15H13N5O3S. The summed E-state index contributed by atoms with van der Waals surface area (Å²) in [7, 11) is -4.26. The Hall–Kier alpha value is -3.12. The van der Waals surface area contributed by atoms with Gasteiger partial charge in [0, 0.05) is 11.6 Å². The number of benzene rings is 1. The Kier molecular flexibility index (Phi) is 3.62. The summed E-state index contributed by atoms with van der Waals surface area (Å²) in [5.74, 6) is -0.0442. The van der Waals surface area contributed by atoms with E-state index < -0.39 is 15.1 Å². The summed E-state index contributed by atoms with van der Waals surface area (Å²) < 4.78 is 31.4. The highest BCUT2D eigenvalue weighted by Gasteiger charge is 2.31. The molecule has 0 saturated heterocycles. The predicted octanol–water partition coefficient (Wildman–Crippen LogP) is 1.85. The standard InChI is InChI=1S/C15H13N5O3S/c1-9-3-5-11(6-4-9)14-18-12(8-16)15(23-14)24(21,22)20-13(17)7-10(2)19-20/h3-7H,17H2,1-2H3. The SMILES string of the molecule is Cc1ccc(-c2nc(C#N)c(S(=O)(=O)n3nc(C)cc3N)o2)cc1. The maximum Gasteiger partial charge on any atom is 0.321 e. The first kappa shape index (κ1) is 15.8. The molecule has 3 aromatic rings. The van der Waals surface area contributed by atoms with Gasteiger partial charge in [0.1, 0.15) is 11.9 Å². The lowest BCUT2D eigenvalue weighted by Crippen LogP contribution is -2.17. The van der Waals surface area contributed by atoms with Crippen LogP contribution in [0.1, 0.15) is 17.0 Å². The third-order valence-electron chi connectivity index (χ3n) is 3.29. The largest absolute Gasteiger partial charge is 0.421 e. The van der Waals surface area contributed by atoms with Crippen LogP contribution in [0.2, 0.25) is 0 Å². The van der Waals surface area contributed by atoms with E-state index in [0.717, 1.165) is 5.56 Å². The number of anilines is 1. The number of rotatable bonds is 3. The molecule has 0 radical (unpaired) electrons. The quantitative estimate of drug-likeness (QED) is 0.768. The van der Waals surface area contributed by atoms with Crippen molar-refractivity contribution in [3.63, 3.8) is 0 Å². The number of nitrogens with two attached hydrogens (primary N) is 1. The van der Waals surface area contributed by atoms with Crippen LogP contribution in [-0.4, -0.2) is 22.6 Å². The molecule has 3 rings (SSSR count). The number of nitrogens with zero attached hydrogens (tertiary/aromatic N) is 4. The molecule has 0 saturated carbocycles. The van der Waals surface area contributed by atoms with Crippen LogP contribution < -0.4 is 5.73 Å². The van der Waals surface area contributed by atoms with Gasteiger partial charge < -0.3 is 10.2 Å². The van der Waals surface area contributed by atoms with Crippen molar-refractivity contribution in [1.29, 1.82) is 5.26 Å². The summed E-state index contributed by atoms with van der Waals surface area (Å²) in [6.07, 6.45) is 0. The molecule has 0 aliphatic heterocycles. The monoisotopic (exact) mass is 343 g/mol. The van der Waals surface area contributed by atoms with E-state index in [1.165, 1.54) is 6.07 Å². The molecule has 0 spiro atoms. The first-order valence-corrected chi connectivity index (χ1v) is 8.32. The van der Waals surface area contributed by atoms with E-state index >= 15 is 0 Å². The van der Waals surface area contributed by atoms with Crippen LogP contribution in [0.3, 0.4) is 0 Å². The second-order valence-corrected chi connectivity index (χ2v) is 6.86. The zero-order valence-corrected chi connectivity index (χ0v) is 13.7. The molecule has 2 N–H and O–H groups in total. The Labute approximate surface area is 138 Å². The lowest BCUT2D eigenvalue weighted by atomic mass is 10.1. The fourth-order valence-electron chi connectivity index (χ4n) is 2.14. The second kappa shape index (κ2) is 5.50. The summed E-state index contributed by atoms with van der Waals surface area (Å²) in [6, 6.07) is 10.2. The normalized spacial score (nSPS) is 11.4. The van der Waals surface area contributed by atoms with E-state index in [4.69, 9.17) is 10.2 Å². The molecule has 0 atom stereocenters. The van der Waals surface area contributed by atoms with Crippen LogP contribution in [-0.2, 0) is 10.0 Å². The summed E-state index contributed by atoms with van der Waals surface area (Å²) >= 11 is 0. The molecule has 2 aromatic heterocycles. The highest BCUT2D eigenvalue weighted by molar-refractivity contribution is 7.89. The molecule has 24 heavy (non-hydrogen) atoms. The molecular weight excluding hydrogens is 330 g/mol. The molecule has 1 aromatic carbocycles. The van der Waals surface area contributed by atoms with Crippen molar-refractivity contribution < 1.29 is 12.8 Å². The molecule has 122 valence electrons. The van der Waals surface area contributed by atoms with Crippen molar-refractivity contribution in [3.05, 3.63) is 47.3 Å². The summed E-state index contributed by atoms with van der Waals surface area (Å²) in [4.78, 5) is 3.97. The van der Waals surface area contributed by atoms with E-state index in [1.807, 2.05) is 19.1 Å². The average Bonchev–Trinajstić information content (AvgIpc) is 3.12. The van der Waals surface area contributed by atoms with E-state index in [1.54, 1.807) is 25.1 Å². The maximum atomic E-state index is 12.7. The molecule has 9 heteroatoms. The van der Waals surface area contributed by atoms with Crippen LogP contribution in [0, 0.1) is 25.2 Å². The summed E-state index contributed by atoms with van der Waals surface area (Å²) in [6.45, 7) is 3.52. The fraction of sp³-hybridized carbons (Fsp3) is 0.133. The highest BCUT2D eigenvalue weighted by Crippen LogP contribution is 2.27. The minimum absolute atomic E-state index is 0.0348. The highest BCUT2D eigenvalue weighted by atomic mass is 32.2. The number of hydrogen-bond acceptors (Lipinski definition) is 7. The van der Waals surface area contributed by atoms with Crippen LogP contribution in [0.15, 0.2) is 39.8 Å². The molecule has 0 amide bonds. The van der Waals surface area contributed by atoms with Crippen molar-refractivity contribution in [2.45, 2.75) is 18.9 Å². The van der Waals surface area contributed by atoms with Gasteiger partial charge in [-0.2, -0.15) is 23.8 Å². The predicted molar refractivity (Wildman–Crippen MR) is 85.4 cm³/mol. The average molecular weight is 343 g/mol. The number of aromatic nitrogens is 3. The zero-order chi connectivity index (χ0) is 17.5. The second-order valence-electron chi connectivity index (χ2n) is 5.19. The van der Waals surface area contributed by atoms with Crippen molar-refractivity contribution in [2.24, 2.45) is 0 Å². The summed E-state index contributed by atoms with van der Waals surface area (Å²) in [5, 5.41) is 12.5. The van der Waals surface area contributed by atoms with Gasteiger partial charge in [-0.15, -0.1) is 4.09 Å². The van der Waals surface area contributed by atoms with Crippen molar-refractivity contribution in [3.8, 4) is 17.5 Å². The first-order valence-electron chi connectivity index (χ1n) is 6.88. The van der Waals surface area contributed by atoms with Gasteiger partial charge in [0.2, 0.25) is 11.6 Å². The molecule has 0 bridgehead atoms. The van der Waals surface area contributed by atoms with Gasteiger partial charge >= 0.3 is 10.0 Å². The number of oxazole rings is 1. The van der Waals surface area contributed by atoms with Crippen LogP contribution in [0.25, 0.3) is 11.5 Å². The van der Waals surface area contributed by atoms with Crippen LogP contribution in [0.5, 0.6) is 0 Å². The lowest BCUT2D eigenvalue weighted by Gasteiger charge is -2.02. The van der Waals surface area contributed by atoms with Gasteiger partial charge in [-0.25, -0.2) is 0 Å². The smallest absolute Gasteiger partial charge is 0.321 e. The van der Waals surface area contributed by atoms with E-state index in [-0.39, 0.29) is 17.4 Å². The number of nitriles is 1. The molecule has 2 heterocycles. The van der Waals surface area contributed by atoms with Gasteiger partial charge in [0.05, 0.1) is 5.69 Å². The van der Waals surface area contributed by atoms with Gasteiger partial charge in [-0.3, -0.25) is 0 Å². The molecule has 8 nitrogen and oxygen atoms in total. The fourth-order valence-corrected chi connectivity index (χ4v) is 3.38. The van der Waals surface area contributed by atoms with Crippen LogP contribution in [0.4, 0.5) is 5.82 Å². The topological polar surface area (TPSA) is 128 Å². The Morgan fingerprint density at radius 3 is 2.46 bits per heavy atom. The molecule has 0 aliphatic rings. The first-order chi connectivity index (χ1) is 11.3. The van der Waals surface area contributed by atoms with Gasteiger partial charge in [-0.05, 0) is 26.0 Å². The van der Waals surface area contributed by atoms with Gasteiger partial charge in [-0.1, -0.05) is 17.7 Å². The van der Waals surface area contributed by atoms with Crippen molar-refractivity contribution >= 4 is 15.8 Å². The van der Waals surface area contributed by atoms with E-state index in [2.05, 4.69) is 10.1 Å². The lowest BCUT2D eigenvalue weighted by molar-refractivity contribution is 0.452. The van der Waals surface area contributed by atoms with Gasteiger partial charge in [0.15, 0.2) is 0 Å². The minimum atomic E-state index is -4.26. The number of aryl methyl sites for hydroxylation is 2. The summed E-state index contributed by atoms with van der Waals surface area (Å²) in [5.41, 5.74) is 7.33.